The number of aromatic amines is 1. The summed E-state index contributed by atoms with van der Waals surface area (Å²) in [6.07, 6.45) is 2.90. The van der Waals surface area contributed by atoms with Gasteiger partial charge in [0.2, 0.25) is 5.91 Å². The van der Waals surface area contributed by atoms with Crippen molar-refractivity contribution in [3.63, 3.8) is 0 Å². The highest BCUT2D eigenvalue weighted by atomic mass is 16.4. The van der Waals surface area contributed by atoms with Gasteiger partial charge in [0.05, 0.1) is 18.1 Å². The van der Waals surface area contributed by atoms with E-state index < -0.39 is 11.9 Å². The number of nitrogens with zero attached hydrogens (tertiary/aromatic N) is 2. The molecule has 6 nitrogen and oxygen atoms in total. The number of H-pyrrole nitrogens is 1. The zero-order chi connectivity index (χ0) is 18.8. The second kappa shape index (κ2) is 7.23. The van der Waals surface area contributed by atoms with Crippen molar-refractivity contribution in [2.75, 3.05) is 0 Å². The van der Waals surface area contributed by atoms with Crippen molar-refractivity contribution >= 4 is 22.8 Å². The molecule has 2 N–H and O–H groups in total. The number of carboxylic acids is 1. The first kappa shape index (κ1) is 17.3. The standard InChI is InChI=1S/C21H21N3O3/c25-20(26)10-16-7-6-15-8-9-19-17(11-22-23-19)18(15)13-24(21(16)27)12-14-4-2-1-3-5-14/h1-5,8-9,11,16H,6-7,10,12-13H2,(H,22,23)(H,25,26)/t16-/m0/s1. The Balaban J connectivity index is 1.74. The van der Waals surface area contributed by atoms with Crippen molar-refractivity contribution in [2.24, 2.45) is 5.92 Å². The molecule has 1 aliphatic heterocycles. The van der Waals surface area contributed by atoms with Gasteiger partial charge >= 0.3 is 5.97 Å². The third-order valence-corrected chi connectivity index (χ3v) is 5.24. The first-order valence-electron chi connectivity index (χ1n) is 9.10. The summed E-state index contributed by atoms with van der Waals surface area (Å²) in [6, 6.07) is 13.9. The molecule has 0 saturated carbocycles. The molecule has 0 bridgehead atoms. The Kier molecular flexibility index (Phi) is 4.62. The first-order chi connectivity index (χ1) is 13.1. The van der Waals surface area contributed by atoms with Gasteiger partial charge in [0.15, 0.2) is 0 Å². The number of carbonyl (C=O) groups is 2. The minimum Gasteiger partial charge on any atom is -0.481 e. The molecule has 1 amide bonds. The van der Waals surface area contributed by atoms with E-state index in [1.54, 1.807) is 11.1 Å². The molecule has 1 aromatic heterocycles. The molecule has 27 heavy (non-hydrogen) atoms. The average molecular weight is 363 g/mol. The smallest absolute Gasteiger partial charge is 0.304 e. The molecule has 3 aromatic rings. The fourth-order valence-electron chi connectivity index (χ4n) is 3.86. The Morgan fingerprint density at radius 1 is 1.22 bits per heavy atom. The number of carboxylic acid groups (broad SMARTS) is 1. The van der Waals surface area contributed by atoms with Gasteiger partial charge in [-0.2, -0.15) is 5.10 Å². The Labute approximate surface area is 156 Å². The zero-order valence-corrected chi connectivity index (χ0v) is 14.9. The second-order valence-electron chi connectivity index (χ2n) is 7.05. The number of aryl methyl sites for hydroxylation is 1. The van der Waals surface area contributed by atoms with Gasteiger partial charge in [-0.05, 0) is 35.6 Å². The maximum absolute atomic E-state index is 13.2. The summed E-state index contributed by atoms with van der Waals surface area (Å²) in [6.45, 7) is 0.916. The van der Waals surface area contributed by atoms with E-state index in [9.17, 15) is 14.7 Å². The normalized spacial score (nSPS) is 17.4. The van der Waals surface area contributed by atoms with E-state index in [4.69, 9.17) is 0 Å². The number of fused-ring (bicyclic) bond motifs is 3. The van der Waals surface area contributed by atoms with Gasteiger partial charge in [-0.15, -0.1) is 0 Å². The van der Waals surface area contributed by atoms with Gasteiger partial charge in [-0.25, -0.2) is 0 Å². The number of hydrogen-bond acceptors (Lipinski definition) is 3. The van der Waals surface area contributed by atoms with E-state index in [2.05, 4.69) is 16.3 Å². The van der Waals surface area contributed by atoms with Crippen LogP contribution in [0, 0.1) is 5.92 Å². The summed E-state index contributed by atoms with van der Waals surface area (Å²) in [4.78, 5) is 26.2. The predicted molar refractivity (Wildman–Crippen MR) is 101 cm³/mol. The molecule has 0 unspecified atom stereocenters. The Morgan fingerprint density at radius 3 is 2.81 bits per heavy atom. The maximum Gasteiger partial charge on any atom is 0.304 e. The van der Waals surface area contributed by atoms with Crippen LogP contribution >= 0.6 is 0 Å². The van der Waals surface area contributed by atoms with Gasteiger partial charge in [0.1, 0.15) is 0 Å². The number of amides is 1. The van der Waals surface area contributed by atoms with Crippen LogP contribution in [0.25, 0.3) is 10.9 Å². The highest BCUT2D eigenvalue weighted by Gasteiger charge is 2.30. The van der Waals surface area contributed by atoms with Crippen molar-refractivity contribution in [3.05, 3.63) is 65.4 Å². The molecule has 6 heteroatoms. The molecule has 1 atom stereocenters. The zero-order valence-electron chi connectivity index (χ0n) is 14.9. The van der Waals surface area contributed by atoms with Crippen LogP contribution in [0.4, 0.5) is 0 Å². The summed E-state index contributed by atoms with van der Waals surface area (Å²) in [5.74, 6) is -1.52. The van der Waals surface area contributed by atoms with Crippen molar-refractivity contribution in [1.29, 1.82) is 0 Å². The van der Waals surface area contributed by atoms with Crippen LogP contribution in [-0.4, -0.2) is 32.1 Å². The molecule has 1 aliphatic rings. The molecule has 2 heterocycles. The molecular weight excluding hydrogens is 342 g/mol. The minimum atomic E-state index is -0.931. The van der Waals surface area contributed by atoms with Crippen molar-refractivity contribution in [3.8, 4) is 0 Å². The quantitative estimate of drug-likeness (QED) is 0.746. The lowest BCUT2D eigenvalue weighted by molar-refractivity contribution is -0.145. The van der Waals surface area contributed by atoms with Crippen LogP contribution in [0.5, 0.6) is 0 Å². The number of hydrogen-bond donors (Lipinski definition) is 2. The SMILES string of the molecule is O=C(O)C[C@@H]1CCc2ccc3[nH]ncc3c2CN(Cc2ccccc2)C1=O. The van der Waals surface area contributed by atoms with E-state index in [1.807, 2.05) is 36.4 Å². The van der Waals surface area contributed by atoms with Gasteiger partial charge in [0.25, 0.3) is 0 Å². The molecular formula is C21H21N3O3. The van der Waals surface area contributed by atoms with Crippen LogP contribution < -0.4 is 0 Å². The van der Waals surface area contributed by atoms with E-state index in [-0.39, 0.29) is 12.3 Å². The maximum atomic E-state index is 13.2. The first-order valence-corrected chi connectivity index (χ1v) is 9.10. The molecule has 2 aromatic carbocycles. The van der Waals surface area contributed by atoms with Gasteiger partial charge < -0.3 is 10.0 Å². The number of nitrogens with one attached hydrogen (secondary N) is 1. The van der Waals surface area contributed by atoms with E-state index in [0.717, 1.165) is 27.6 Å². The molecule has 0 spiro atoms. The van der Waals surface area contributed by atoms with Gasteiger partial charge in [-0.1, -0.05) is 36.4 Å². The average Bonchev–Trinajstić information content (AvgIpc) is 3.13. The van der Waals surface area contributed by atoms with Crippen molar-refractivity contribution in [2.45, 2.75) is 32.4 Å². The van der Waals surface area contributed by atoms with Crippen LogP contribution in [0.1, 0.15) is 29.5 Å². The Morgan fingerprint density at radius 2 is 2.04 bits per heavy atom. The van der Waals surface area contributed by atoms with E-state index in [0.29, 0.717) is 25.9 Å². The van der Waals surface area contributed by atoms with Crippen LogP contribution in [0.3, 0.4) is 0 Å². The summed E-state index contributed by atoms with van der Waals surface area (Å²) in [5.41, 5.74) is 4.23. The number of carbonyl (C=O) groups excluding carboxylic acids is 1. The number of benzene rings is 2. The summed E-state index contributed by atoms with van der Waals surface area (Å²) in [7, 11) is 0. The third-order valence-electron chi connectivity index (χ3n) is 5.24. The number of rotatable bonds is 4. The van der Waals surface area contributed by atoms with Crippen LogP contribution in [-0.2, 0) is 29.1 Å². The van der Waals surface area contributed by atoms with Gasteiger partial charge in [-0.3, -0.25) is 14.7 Å². The fourth-order valence-corrected chi connectivity index (χ4v) is 3.86. The summed E-state index contributed by atoms with van der Waals surface area (Å²) >= 11 is 0. The fraction of sp³-hybridized carbons (Fsp3) is 0.286. The number of aromatic nitrogens is 2. The molecule has 0 radical (unpaired) electrons. The highest BCUT2D eigenvalue weighted by Crippen LogP contribution is 2.29. The topological polar surface area (TPSA) is 86.3 Å². The third kappa shape index (κ3) is 3.56. The Hall–Kier alpha value is -3.15. The summed E-state index contributed by atoms with van der Waals surface area (Å²) < 4.78 is 0. The van der Waals surface area contributed by atoms with Crippen molar-refractivity contribution in [1.82, 2.24) is 15.1 Å². The largest absolute Gasteiger partial charge is 0.481 e. The summed E-state index contributed by atoms with van der Waals surface area (Å²) in [5, 5.41) is 17.4. The van der Waals surface area contributed by atoms with Gasteiger partial charge in [0, 0.05) is 24.4 Å². The second-order valence-corrected chi connectivity index (χ2v) is 7.05. The van der Waals surface area contributed by atoms with Crippen LogP contribution in [0.15, 0.2) is 48.7 Å². The number of aliphatic carboxylic acids is 1. The predicted octanol–water partition coefficient (Wildman–Crippen LogP) is 3.13. The van der Waals surface area contributed by atoms with E-state index in [1.165, 1.54) is 0 Å². The highest BCUT2D eigenvalue weighted by molar-refractivity contribution is 5.86. The monoisotopic (exact) mass is 363 g/mol. The molecule has 138 valence electrons. The lowest BCUT2D eigenvalue weighted by atomic mass is 9.89. The Bertz CT molecular complexity index is 981. The van der Waals surface area contributed by atoms with Crippen molar-refractivity contribution < 1.29 is 14.7 Å². The molecule has 0 saturated heterocycles. The lowest BCUT2D eigenvalue weighted by Gasteiger charge is -2.31. The molecule has 0 aliphatic carbocycles. The molecule has 0 fully saturated rings. The van der Waals surface area contributed by atoms with E-state index >= 15 is 0 Å². The van der Waals surface area contributed by atoms with Crippen LogP contribution in [0.2, 0.25) is 0 Å². The molecule has 4 rings (SSSR count). The minimum absolute atomic E-state index is 0.0904. The lowest BCUT2D eigenvalue weighted by Crippen LogP contribution is -2.38.